The molecule has 0 bridgehead atoms. The highest BCUT2D eigenvalue weighted by Gasteiger charge is 2.55. The van der Waals surface area contributed by atoms with Gasteiger partial charge in [0.15, 0.2) is 0 Å². The number of carbonyl (C=O) groups excluding carboxylic acids is 1. The lowest BCUT2D eigenvalue weighted by Gasteiger charge is -2.48. The topological polar surface area (TPSA) is 85.9 Å². The molecule has 10 heteroatoms. The van der Waals surface area contributed by atoms with Crippen LogP contribution in [0.5, 0.6) is 0 Å². The molecule has 7 nitrogen and oxygen atoms in total. The molecule has 174 valence electrons. The Balaban J connectivity index is 1.34. The molecule has 2 atom stereocenters. The van der Waals surface area contributed by atoms with E-state index in [-0.39, 0.29) is 17.9 Å². The SMILES string of the molecule is Cc1nc(C2=CC=C(C(F)(F)F)NN2)ccc1[C@@H]1[C@H](C2CC2)C(=O)N1c1ccc2[nH]cnc2c1. The Bertz CT molecular complexity index is 1370. The summed E-state index contributed by atoms with van der Waals surface area (Å²) in [5.74, 6) is 0.392. The third-order valence-corrected chi connectivity index (χ3v) is 6.73. The first-order valence-corrected chi connectivity index (χ1v) is 11.1. The van der Waals surface area contributed by atoms with Crippen LogP contribution in [0.25, 0.3) is 16.7 Å². The second-order valence-corrected chi connectivity index (χ2v) is 8.90. The van der Waals surface area contributed by atoms with Crippen LogP contribution in [-0.2, 0) is 4.79 Å². The number of hydrogen-bond donors (Lipinski definition) is 3. The van der Waals surface area contributed by atoms with Crippen molar-refractivity contribution in [2.75, 3.05) is 4.90 Å². The standard InChI is InChI=1S/C24H21F3N6O/c1-12-15(5-7-17(30-12)18-8-9-20(32-31-18)24(25,26)27)22-21(13-2-3-13)23(34)33(22)14-4-6-16-19(10-14)29-11-28-16/h4-11,13,21-22,31-32H,2-3H2,1H3,(H,28,29)/t21-,22+/m0/s1. The number of hydrazine groups is 1. The number of allylic oxidation sites excluding steroid dienone is 3. The zero-order valence-corrected chi connectivity index (χ0v) is 18.1. The van der Waals surface area contributed by atoms with Gasteiger partial charge in [0.2, 0.25) is 5.91 Å². The number of aromatic amines is 1. The molecule has 2 aliphatic heterocycles. The Morgan fingerprint density at radius 3 is 2.59 bits per heavy atom. The Hall–Kier alpha value is -3.82. The normalized spacial score (nSPS) is 22.6. The molecule has 0 radical (unpaired) electrons. The van der Waals surface area contributed by atoms with Gasteiger partial charge in [-0.05, 0) is 67.7 Å². The summed E-state index contributed by atoms with van der Waals surface area (Å²) in [5.41, 5.74) is 9.01. The Labute approximate surface area is 192 Å². The van der Waals surface area contributed by atoms with E-state index in [9.17, 15) is 18.0 Å². The number of alkyl halides is 3. The van der Waals surface area contributed by atoms with Gasteiger partial charge in [-0.1, -0.05) is 6.07 Å². The van der Waals surface area contributed by atoms with Crippen LogP contribution >= 0.6 is 0 Å². The number of fused-ring (bicyclic) bond motifs is 1. The number of anilines is 1. The van der Waals surface area contributed by atoms with Gasteiger partial charge in [0, 0.05) is 11.4 Å². The third kappa shape index (κ3) is 3.32. The van der Waals surface area contributed by atoms with Gasteiger partial charge in [-0.2, -0.15) is 13.2 Å². The number of nitrogens with one attached hydrogen (secondary N) is 3. The van der Waals surface area contributed by atoms with Crippen molar-refractivity contribution in [2.45, 2.75) is 32.0 Å². The number of halogens is 3. The van der Waals surface area contributed by atoms with E-state index in [2.05, 4.69) is 25.8 Å². The van der Waals surface area contributed by atoms with Crippen LogP contribution in [0.2, 0.25) is 0 Å². The van der Waals surface area contributed by atoms with E-state index in [4.69, 9.17) is 0 Å². The first-order valence-electron chi connectivity index (χ1n) is 11.1. The molecular weight excluding hydrogens is 445 g/mol. The first-order chi connectivity index (χ1) is 16.3. The molecule has 3 N–H and O–H groups in total. The van der Waals surface area contributed by atoms with Crippen LogP contribution in [0.4, 0.5) is 18.9 Å². The molecule has 1 saturated carbocycles. The molecule has 0 unspecified atom stereocenters. The number of H-pyrrole nitrogens is 1. The van der Waals surface area contributed by atoms with E-state index < -0.39 is 11.9 Å². The molecule has 1 aromatic carbocycles. The minimum absolute atomic E-state index is 0.0906. The molecule has 6 rings (SSSR count). The van der Waals surface area contributed by atoms with E-state index in [1.165, 1.54) is 6.08 Å². The van der Waals surface area contributed by atoms with Crippen molar-refractivity contribution >= 4 is 28.3 Å². The summed E-state index contributed by atoms with van der Waals surface area (Å²) < 4.78 is 38.6. The van der Waals surface area contributed by atoms with E-state index in [0.29, 0.717) is 17.3 Å². The average molecular weight is 466 g/mol. The maximum atomic E-state index is 13.2. The Morgan fingerprint density at radius 1 is 1.09 bits per heavy atom. The minimum atomic E-state index is -4.46. The molecule has 1 saturated heterocycles. The van der Waals surface area contributed by atoms with Crippen molar-refractivity contribution in [2.24, 2.45) is 11.8 Å². The number of nitrogens with zero attached hydrogens (tertiary/aromatic N) is 3. The van der Waals surface area contributed by atoms with Gasteiger partial charge in [-0.15, -0.1) is 0 Å². The average Bonchev–Trinajstić information content (AvgIpc) is 3.52. The van der Waals surface area contributed by atoms with E-state index in [0.717, 1.165) is 46.9 Å². The molecule has 34 heavy (non-hydrogen) atoms. The van der Waals surface area contributed by atoms with Crippen LogP contribution in [0.3, 0.4) is 0 Å². The predicted molar refractivity (Wildman–Crippen MR) is 120 cm³/mol. The number of aryl methyl sites for hydroxylation is 1. The summed E-state index contributed by atoms with van der Waals surface area (Å²) in [6.45, 7) is 1.87. The van der Waals surface area contributed by atoms with Crippen molar-refractivity contribution in [3.8, 4) is 0 Å². The smallest absolute Gasteiger partial charge is 0.345 e. The van der Waals surface area contributed by atoms with Gasteiger partial charge in [0.05, 0.1) is 40.7 Å². The van der Waals surface area contributed by atoms with Gasteiger partial charge in [0.1, 0.15) is 5.70 Å². The molecular formula is C24H21F3N6O. The number of carbonyl (C=O) groups is 1. The molecule has 4 heterocycles. The van der Waals surface area contributed by atoms with E-state index in [1.54, 1.807) is 12.4 Å². The van der Waals surface area contributed by atoms with Crippen LogP contribution in [-0.4, -0.2) is 27.0 Å². The van der Waals surface area contributed by atoms with Crippen molar-refractivity contribution < 1.29 is 18.0 Å². The molecule has 0 spiro atoms. The lowest BCUT2D eigenvalue weighted by atomic mass is 9.78. The summed E-state index contributed by atoms with van der Waals surface area (Å²) in [6, 6.07) is 9.30. The zero-order chi connectivity index (χ0) is 23.6. The largest absolute Gasteiger partial charge is 0.432 e. The van der Waals surface area contributed by atoms with Gasteiger partial charge in [0.25, 0.3) is 0 Å². The van der Waals surface area contributed by atoms with Gasteiger partial charge in [-0.3, -0.25) is 20.6 Å². The lowest BCUT2D eigenvalue weighted by Crippen LogP contribution is -2.56. The summed E-state index contributed by atoms with van der Waals surface area (Å²) >= 11 is 0. The molecule has 1 aliphatic carbocycles. The lowest BCUT2D eigenvalue weighted by molar-refractivity contribution is -0.131. The van der Waals surface area contributed by atoms with Crippen molar-refractivity contribution in [3.05, 3.63) is 71.5 Å². The zero-order valence-electron chi connectivity index (χ0n) is 18.1. The second-order valence-electron chi connectivity index (χ2n) is 8.90. The van der Waals surface area contributed by atoms with Crippen LogP contribution < -0.4 is 15.8 Å². The van der Waals surface area contributed by atoms with E-state index in [1.807, 2.05) is 36.1 Å². The number of imidazole rings is 1. The van der Waals surface area contributed by atoms with Gasteiger partial charge in [-0.25, -0.2) is 4.98 Å². The molecule has 3 aliphatic rings. The predicted octanol–water partition coefficient (Wildman–Crippen LogP) is 4.28. The molecule has 3 aromatic rings. The maximum Gasteiger partial charge on any atom is 0.432 e. The monoisotopic (exact) mass is 466 g/mol. The number of β-lactam (4-membered cyclic amide) rings is 1. The Morgan fingerprint density at radius 2 is 1.91 bits per heavy atom. The molecule has 2 fully saturated rings. The Kier molecular flexibility index (Phi) is 4.48. The van der Waals surface area contributed by atoms with Crippen molar-refractivity contribution in [1.82, 2.24) is 25.8 Å². The fourth-order valence-corrected chi connectivity index (χ4v) is 4.85. The summed E-state index contributed by atoms with van der Waals surface area (Å²) in [5, 5.41) is 0. The second kappa shape index (κ2) is 7.34. The molecule has 1 amide bonds. The van der Waals surface area contributed by atoms with Crippen LogP contribution in [0.15, 0.2) is 54.5 Å². The summed E-state index contributed by atoms with van der Waals surface area (Å²) in [6.07, 6.45) is 1.59. The number of pyridine rings is 1. The number of hydrogen-bond acceptors (Lipinski definition) is 5. The maximum absolute atomic E-state index is 13.2. The minimum Gasteiger partial charge on any atom is -0.345 e. The number of amides is 1. The number of benzene rings is 1. The third-order valence-electron chi connectivity index (χ3n) is 6.73. The fraction of sp³-hybridized carbons (Fsp3) is 0.292. The fourth-order valence-electron chi connectivity index (χ4n) is 4.85. The quantitative estimate of drug-likeness (QED) is 0.500. The summed E-state index contributed by atoms with van der Waals surface area (Å²) in [7, 11) is 0. The highest BCUT2D eigenvalue weighted by atomic mass is 19.4. The van der Waals surface area contributed by atoms with Gasteiger partial charge >= 0.3 is 6.18 Å². The summed E-state index contributed by atoms with van der Waals surface area (Å²) in [4.78, 5) is 27.0. The molecule has 2 aromatic heterocycles. The highest BCUT2D eigenvalue weighted by molar-refractivity contribution is 6.04. The van der Waals surface area contributed by atoms with Crippen molar-refractivity contribution in [1.29, 1.82) is 0 Å². The van der Waals surface area contributed by atoms with Crippen LogP contribution in [0.1, 0.15) is 35.8 Å². The van der Waals surface area contributed by atoms with Gasteiger partial charge < -0.3 is 9.88 Å². The number of aromatic nitrogens is 3. The first kappa shape index (κ1) is 20.8. The van der Waals surface area contributed by atoms with Crippen molar-refractivity contribution in [3.63, 3.8) is 0 Å². The van der Waals surface area contributed by atoms with Crippen LogP contribution in [0, 0.1) is 18.8 Å². The highest BCUT2D eigenvalue weighted by Crippen LogP contribution is 2.54. The number of rotatable bonds is 4. The van der Waals surface area contributed by atoms with E-state index >= 15 is 0 Å².